The van der Waals surface area contributed by atoms with E-state index in [4.69, 9.17) is 24.2 Å². The number of imidazole rings is 1. The van der Waals surface area contributed by atoms with E-state index in [0.29, 0.717) is 28.8 Å². The van der Waals surface area contributed by atoms with E-state index in [1.165, 1.54) is 7.11 Å². The van der Waals surface area contributed by atoms with Crippen molar-refractivity contribution in [2.45, 2.75) is 6.92 Å². The first-order chi connectivity index (χ1) is 15.0. The SMILES string of the molecule is COc1cc(-c2nc3cc(C)ccn3c2N=Cc2cc3c(cc2Br)OCO3)ccc1O. The van der Waals surface area contributed by atoms with Crippen LogP contribution in [-0.2, 0) is 0 Å². The number of phenolic OH excluding ortho intramolecular Hbond substituents is 1. The molecule has 0 amide bonds. The molecule has 5 rings (SSSR count). The van der Waals surface area contributed by atoms with Crippen molar-refractivity contribution in [1.82, 2.24) is 9.38 Å². The van der Waals surface area contributed by atoms with Crippen LogP contribution in [0.2, 0.25) is 0 Å². The molecular formula is C23H18BrN3O4. The average Bonchev–Trinajstić information content (AvgIpc) is 3.35. The summed E-state index contributed by atoms with van der Waals surface area (Å²) >= 11 is 3.57. The highest BCUT2D eigenvalue weighted by molar-refractivity contribution is 9.10. The predicted molar refractivity (Wildman–Crippen MR) is 121 cm³/mol. The zero-order valence-electron chi connectivity index (χ0n) is 16.8. The first kappa shape index (κ1) is 19.4. The minimum atomic E-state index is 0.0696. The lowest BCUT2D eigenvalue weighted by Crippen LogP contribution is -1.92. The van der Waals surface area contributed by atoms with Gasteiger partial charge in [0.1, 0.15) is 11.3 Å². The molecule has 1 aliphatic rings. The van der Waals surface area contributed by atoms with Crippen LogP contribution in [-0.4, -0.2) is 34.6 Å². The standard InChI is InChI=1S/C23H18BrN3O4/c1-13-5-6-27-21(7-13)26-22(14-3-4-17(28)18(8-14)29-2)23(27)25-11-15-9-19-20(10-16(15)24)31-12-30-19/h3-11,28H,12H2,1-2H3. The lowest BCUT2D eigenvalue weighted by atomic mass is 10.1. The molecule has 0 radical (unpaired) electrons. The van der Waals surface area contributed by atoms with Crippen LogP contribution in [0.15, 0.2) is 58.1 Å². The third kappa shape index (κ3) is 3.48. The Balaban J connectivity index is 1.66. The van der Waals surface area contributed by atoms with Gasteiger partial charge >= 0.3 is 0 Å². The number of hydrogen-bond acceptors (Lipinski definition) is 6. The largest absolute Gasteiger partial charge is 0.504 e. The Morgan fingerprint density at radius 3 is 2.77 bits per heavy atom. The number of nitrogens with zero attached hydrogens (tertiary/aromatic N) is 3. The van der Waals surface area contributed by atoms with E-state index in [2.05, 4.69) is 15.9 Å². The first-order valence-electron chi connectivity index (χ1n) is 9.53. The molecule has 2 aromatic carbocycles. The normalized spacial score (nSPS) is 12.7. The molecular weight excluding hydrogens is 462 g/mol. The van der Waals surface area contributed by atoms with E-state index in [-0.39, 0.29) is 12.5 Å². The molecule has 0 aliphatic carbocycles. The molecule has 8 heteroatoms. The lowest BCUT2D eigenvalue weighted by Gasteiger charge is -2.06. The summed E-state index contributed by atoms with van der Waals surface area (Å²) in [4.78, 5) is 9.58. The summed E-state index contributed by atoms with van der Waals surface area (Å²) in [6.45, 7) is 2.23. The van der Waals surface area contributed by atoms with Crippen molar-refractivity contribution in [3.63, 3.8) is 0 Å². The minimum absolute atomic E-state index is 0.0696. The fourth-order valence-corrected chi connectivity index (χ4v) is 3.86. The number of aliphatic imine (C=N–C) groups is 1. The van der Waals surface area contributed by atoms with E-state index < -0.39 is 0 Å². The number of aryl methyl sites for hydroxylation is 1. The molecule has 0 saturated carbocycles. The van der Waals surface area contributed by atoms with E-state index in [1.807, 2.05) is 41.8 Å². The number of rotatable bonds is 4. The first-order valence-corrected chi connectivity index (χ1v) is 10.3. The third-order valence-corrected chi connectivity index (χ3v) is 5.71. The van der Waals surface area contributed by atoms with Crippen LogP contribution >= 0.6 is 15.9 Å². The molecule has 4 aromatic rings. The Hall–Kier alpha value is -3.52. The van der Waals surface area contributed by atoms with E-state index >= 15 is 0 Å². The molecule has 0 atom stereocenters. The van der Waals surface area contributed by atoms with Crippen molar-refractivity contribution >= 4 is 33.6 Å². The Kier molecular flexibility index (Phi) is 4.78. The maximum absolute atomic E-state index is 9.98. The van der Waals surface area contributed by atoms with Crippen molar-refractivity contribution in [3.8, 4) is 34.3 Å². The summed E-state index contributed by atoms with van der Waals surface area (Å²) in [5.41, 5.74) is 4.19. The maximum Gasteiger partial charge on any atom is 0.231 e. The molecule has 0 spiro atoms. The molecule has 1 aliphatic heterocycles. The van der Waals surface area contributed by atoms with Gasteiger partial charge in [-0.3, -0.25) is 4.40 Å². The summed E-state index contributed by atoms with van der Waals surface area (Å²) in [6, 6.07) is 12.9. The molecule has 3 heterocycles. The van der Waals surface area contributed by atoms with E-state index in [1.54, 1.807) is 24.4 Å². The van der Waals surface area contributed by atoms with Crippen LogP contribution in [0.25, 0.3) is 16.9 Å². The highest BCUT2D eigenvalue weighted by Crippen LogP contribution is 2.38. The predicted octanol–water partition coefficient (Wildman–Crippen LogP) is 5.27. The number of aromatic nitrogens is 2. The quantitative estimate of drug-likeness (QED) is 0.403. The van der Waals surface area contributed by atoms with Crippen molar-refractivity contribution in [2.24, 2.45) is 4.99 Å². The van der Waals surface area contributed by atoms with Gasteiger partial charge in [-0.2, -0.15) is 0 Å². The Morgan fingerprint density at radius 1 is 1.16 bits per heavy atom. The molecule has 7 nitrogen and oxygen atoms in total. The van der Waals surface area contributed by atoms with E-state index in [9.17, 15) is 5.11 Å². The third-order valence-electron chi connectivity index (χ3n) is 5.03. The number of benzene rings is 2. The molecule has 0 bridgehead atoms. The lowest BCUT2D eigenvalue weighted by molar-refractivity contribution is 0.174. The van der Waals surface area contributed by atoms with Crippen molar-refractivity contribution in [2.75, 3.05) is 13.9 Å². The minimum Gasteiger partial charge on any atom is -0.504 e. The van der Waals surface area contributed by atoms with Gasteiger partial charge in [0.15, 0.2) is 28.8 Å². The molecule has 31 heavy (non-hydrogen) atoms. The van der Waals surface area contributed by atoms with Crippen molar-refractivity contribution in [3.05, 3.63) is 64.3 Å². The topological polar surface area (TPSA) is 77.6 Å². The van der Waals surface area contributed by atoms with Crippen LogP contribution < -0.4 is 14.2 Å². The van der Waals surface area contributed by atoms with Gasteiger partial charge in [-0.05, 0) is 70.9 Å². The van der Waals surface area contributed by atoms with Gasteiger partial charge in [0.2, 0.25) is 6.79 Å². The fourth-order valence-electron chi connectivity index (χ4n) is 3.44. The van der Waals surface area contributed by atoms with Gasteiger partial charge in [0, 0.05) is 28.0 Å². The highest BCUT2D eigenvalue weighted by atomic mass is 79.9. The number of aromatic hydroxyl groups is 1. The van der Waals surface area contributed by atoms with Crippen molar-refractivity contribution in [1.29, 1.82) is 0 Å². The van der Waals surface area contributed by atoms with Gasteiger partial charge in [0.05, 0.1) is 7.11 Å². The van der Waals surface area contributed by atoms with Crippen LogP contribution in [0, 0.1) is 6.92 Å². The van der Waals surface area contributed by atoms with Gasteiger partial charge in [0.25, 0.3) is 0 Å². The summed E-state index contributed by atoms with van der Waals surface area (Å²) in [5, 5.41) is 9.98. The smallest absolute Gasteiger partial charge is 0.231 e. The number of hydrogen-bond donors (Lipinski definition) is 1. The highest BCUT2D eigenvalue weighted by Gasteiger charge is 2.18. The number of halogens is 1. The van der Waals surface area contributed by atoms with E-state index in [0.717, 1.165) is 26.8 Å². The second kappa shape index (κ2) is 7.63. The molecule has 0 fully saturated rings. The Bertz CT molecular complexity index is 1350. The molecule has 0 unspecified atom stereocenters. The number of ether oxygens (including phenoxy) is 3. The summed E-state index contributed by atoms with van der Waals surface area (Å²) in [6.07, 6.45) is 3.71. The van der Waals surface area contributed by atoms with Gasteiger partial charge < -0.3 is 19.3 Å². The Morgan fingerprint density at radius 2 is 1.97 bits per heavy atom. The fraction of sp³-hybridized carbons (Fsp3) is 0.130. The van der Waals surface area contributed by atoms with Gasteiger partial charge in [-0.15, -0.1) is 0 Å². The molecule has 156 valence electrons. The van der Waals surface area contributed by atoms with Crippen LogP contribution in [0.4, 0.5) is 5.82 Å². The number of phenols is 1. The summed E-state index contributed by atoms with van der Waals surface area (Å²) in [7, 11) is 1.52. The molecule has 2 aromatic heterocycles. The van der Waals surface area contributed by atoms with Crippen LogP contribution in [0.3, 0.4) is 0 Å². The second-order valence-electron chi connectivity index (χ2n) is 7.09. The van der Waals surface area contributed by atoms with Gasteiger partial charge in [-0.1, -0.05) is 0 Å². The summed E-state index contributed by atoms with van der Waals surface area (Å²) in [5.74, 6) is 2.49. The van der Waals surface area contributed by atoms with Crippen LogP contribution in [0.1, 0.15) is 11.1 Å². The van der Waals surface area contributed by atoms with Crippen LogP contribution in [0.5, 0.6) is 23.0 Å². The zero-order valence-corrected chi connectivity index (χ0v) is 18.4. The molecule has 0 saturated heterocycles. The zero-order chi connectivity index (χ0) is 21.5. The number of pyridine rings is 1. The van der Waals surface area contributed by atoms with Gasteiger partial charge in [-0.25, -0.2) is 9.98 Å². The second-order valence-corrected chi connectivity index (χ2v) is 7.94. The van der Waals surface area contributed by atoms with Crippen molar-refractivity contribution < 1.29 is 19.3 Å². The summed E-state index contributed by atoms with van der Waals surface area (Å²) < 4.78 is 19.0. The maximum atomic E-state index is 9.98. The average molecular weight is 480 g/mol. The monoisotopic (exact) mass is 479 g/mol. The Labute approximate surface area is 186 Å². The number of methoxy groups -OCH3 is 1. The number of fused-ring (bicyclic) bond motifs is 2. The molecule has 1 N–H and O–H groups in total.